The lowest BCUT2D eigenvalue weighted by molar-refractivity contribution is 1.21. The Balaban J connectivity index is 1.34. The van der Waals surface area contributed by atoms with E-state index in [9.17, 15) is 0 Å². The number of nitrogens with zero attached hydrogens (tertiary/aromatic N) is 4. The van der Waals surface area contributed by atoms with Crippen LogP contribution in [-0.2, 0) is 0 Å². The number of fused-ring (bicyclic) bond motifs is 2. The van der Waals surface area contributed by atoms with Crippen LogP contribution >= 0.6 is 12.2 Å². The van der Waals surface area contributed by atoms with E-state index in [2.05, 4.69) is 38.8 Å². The van der Waals surface area contributed by atoms with Crippen molar-refractivity contribution in [2.75, 3.05) is 10.6 Å². The molecule has 0 atom stereocenters. The molecule has 0 aliphatic heterocycles. The number of hydrogen-bond acceptors (Lipinski definition) is 5. The maximum Gasteiger partial charge on any atom is 0.175 e. The van der Waals surface area contributed by atoms with Gasteiger partial charge in [-0.05, 0) is 66.1 Å². The number of nitrogens with one attached hydrogen (secondary N) is 2. The van der Waals surface area contributed by atoms with Crippen molar-refractivity contribution in [3.05, 3.63) is 109 Å². The highest BCUT2D eigenvalue weighted by molar-refractivity contribution is 7.80. The summed E-state index contributed by atoms with van der Waals surface area (Å²) in [6.45, 7) is 0. The van der Waals surface area contributed by atoms with E-state index in [1.807, 2.05) is 78.9 Å². The first-order chi connectivity index (χ1) is 17.7. The number of pyridine rings is 2. The van der Waals surface area contributed by atoms with Gasteiger partial charge in [-0.25, -0.2) is 9.97 Å². The van der Waals surface area contributed by atoms with Crippen LogP contribution in [0, 0.1) is 0 Å². The second-order valence-corrected chi connectivity index (χ2v) is 8.57. The highest BCUT2D eigenvalue weighted by Gasteiger charge is 2.15. The summed E-state index contributed by atoms with van der Waals surface area (Å²) in [5.41, 5.74) is 6.10. The van der Waals surface area contributed by atoms with E-state index in [0.717, 1.165) is 44.6 Å². The highest BCUT2D eigenvalue weighted by atomic mass is 32.1. The fourth-order valence-corrected chi connectivity index (χ4v) is 4.34. The molecule has 172 valence electrons. The van der Waals surface area contributed by atoms with Crippen molar-refractivity contribution < 1.29 is 0 Å². The maximum absolute atomic E-state index is 5.61. The number of rotatable bonds is 4. The van der Waals surface area contributed by atoms with Crippen LogP contribution in [0.3, 0.4) is 0 Å². The topological polar surface area (TPSA) is 75.6 Å². The van der Waals surface area contributed by atoms with E-state index in [0.29, 0.717) is 16.5 Å². The molecule has 0 aliphatic rings. The molecule has 0 fully saturated rings. The lowest BCUT2D eigenvalue weighted by Gasteiger charge is -2.14. The Morgan fingerprint density at radius 1 is 0.611 bits per heavy atom. The summed E-state index contributed by atoms with van der Waals surface area (Å²) in [6, 6.07) is 31.6. The molecular weight excluding hydrogens is 464 g/mol. The molecule has 6 aromatic rings. The predicted molar refractivity (Wildman–Crippen MR) is 150 cm³/mol. The monoisotopic (exact) mass is 484 g/mol. The molecule has 0 saturated carbocycles. The van der Waals surface area contributed by atoms with Crippen molar-refractivity contribution in [1.29, 1.82) is 0 Å². The summed E-state index contributed by atoms with van der Waals surface area (Å²) in [5, 5.41) is 9.34. The summed E-state index contributed by atoms with van der Waals surface area (Å²) in [5.74, 6) is 0. The van der Waals surface area contributed by atoms with Gasteiger partial charge in [0.05, 0.1) is 22.4 Å². The van der Waals surface area contributed by atoms with E-state index in [4.69, 9.17) is 22.2 Å². The van der Waals surface area contributed by atoms with Gasteiger partial charge in [0, 0.05) is 29.2 Å². The first-order valence-electron chi connectivity index (χ1n) is 11.4. The summed E-state index contributed by atoms with van der Waals surface area (Å²) < 4.78 is 0. The fourth-order valence-electron chi connectivity index (χ4n) is 4.11. The van der Waals surface area contributed by atoms with Crippen molar-refractivity contribution in [2.24, 2.45) is 0 Å². The van der Waals surface area contributed by atoms with E-state index in [-0.39, 0.29) is 0 Å². The minimum absolute atomic E-state index is 0.494. The van der Waals surface area contributed by atoms with Crippen molar-refractivity contribution in [1.82, 2.24) is 19.9 Å². The minimum Gasteiger partial charge on any atom is -0.332 e. The van der Waals surface area contributed by atoms with Crippen molar-refractivity contribution in [3.63, 3.8) is 0 Å². The number of thiocarbonyl (C=S) groups is 1. The summed E-state index contributed by atoms with van der Waals surface area (Å²) in [7, 11) is 0. The van der Waals surface area contributed by atoms with Gasteiger partial charge in [0.2, 0.25) is 0 Å². The predicted octanol–water partition coefficient (Wildman–Crippen LogP) is 6.72. The molecule has 0 radical (unpaired) electrons. The van der Waals surface area contributed by atoms with Gasteiger partial charge in [-0.2, -0.15) is 0 Å². The van der Waals surface area contributed by atoms with Gasteiger partial charge in [0.15, 0.2) is 5.11 Å². The average molecular weight is 485 g/mol. The third-order valence-electron chi connectivity index (χ3n) is 5.77. The lowest BCUT2D eigenvalue weighted by atomic mass is 10.1. The molecule has 0 aliphatic carbocycles. The van der Waals surface area contributed by atoms with Crippen LogP contribution in [0.1, 0.15) is 0 Å². The maximum atomic E-state index is 5.61. The normalized spacial score (nSPS) is 10.9. The van der Waals surface area contributed by atoms with Gasteiger partial charge in [0.25, 0.3) is 0 Å². The zero-order valence-corrected chi connectivity index (χ0v) is 19.9. The van der Waals surface area contributed by atoms with Gasteiger partial charge >= 0.3 is 0 Å². The van der Waals surface area contributed by atoms with Crippen LogP contribution in [0.25, 0.3) is 44.6 Å². The Labute approximate surface area is 213 Å². The van der Waals surface area contributed by atoms with Gasteiger partial charge in [-0.15, -0.1) is 0 Å². The Kier molecular flexibility index (Phi) is 5.73. The molecule has 0 saturated heterocycles. The minimum atomic E-state index is 0.494. The molecule has 3 aromatic heterocycles. The van der Waals surface area contributed by atoms with Crippen molar-refractivity contribution in [3.8, 4) is 22.8 Å². The smallest absolute Gasteiger partial charge is 0.175 e. The van der Waals surface area contributed by atoms with Crippen molar-refractivity contribution >= 4 is 50.5 Å². The molecule has 0 unspecified atom stereocenters. The molecule has 2 N–H and O–H groups in total. The first kappa shape index (κ1) is 21.8. The Hall–Kier alpha value is -4.75. The average Bonchev–Trinajstić information content (AvgIpc) is 2.93. The van der Waals surface area contributed by atoms with Crippen LogP contribution in [0.2, 0.25) is 0 Å². The molecule has 0 spiro atoms. The summed E-state index contributed by atoms with van der Waals surface area (Å²) in [4.78, 5) is 18.8. The lowest BCUT2D eigenvalue weighted by Crippen LogP contribution is -2.19. The first-order valence-corrected chi connectivity index (χ1v) is 11.9. The zero-order chi connectivity index (χ0) is 24.3. The third-order valence-corrected chi connectivity index (χ3v) is 5.98. The number of hydrogen-bond donors (Lipinski definition) is 2. The van der Waals surface area contributed by atoms with Gasteiger partial charge in [-0.1, -0.05) is 48.5 Å². The number of aromatic nitrogens is 4. The Morgan fingerprint density at radius 3 is 2.00 bits per heavy atom. The Morgan fingerprint density at radius 2 is 1.28 bits per heavy atom. The number of benzene rings is 3. The number of anilines is 2. The van der Waals surface area contributed by atoms with E-state index < -0.39 is 0 Å². The molecule has 0 bridgehead atoms. The van der Waals surface area contributed by atoms with Gasteiger partial charge in [0.1, 0.15) is 11.4 Å². The molecule has 6 nitrogen and oxygen atoms in total. The van der Waals surface area contributed by atoms with Crippen LogP contribution in [0.15, 0.2) is 109 Å². The highest BCUT2D eigenvalue weighted by Crippen LogP contribution is 2.30. The second-order valence-electron chi connectivity index (χ2n) is 8.16. The summed E-state index contributed by atoms with van der Waals surface area (Å²) in [6.07, 6.45) is 3.50. The molecule has 6 rings (SSSR count). The quantitative estimate of drug-likeness (QED) is 0.269. The molecular formula is C29H20N6S. The van der Waals surface area contributed by atoms with Crippen LogP contribution in [-0.4, -0.2) is 25.0 Å². The SMILES string of the molecule is S=C(Nc1ccc2nc(-c3ccccn3)c(-c3ccccn3)nc2c1)Nc1cccc2ccccc12. The molecule has 7 heteroatoms. The third kappa shape index (κ3) is 4.35. The van der Waals surface area contributed by atoms with Crippen LogP contribution in [0.5, 0.6) is 0 Å². The van der Waals surface area contributed by atoms with E-state index in [1.165, 1.54) is 0 Å². The second kappa shape index (κ2) is 9.48. The standard InChI is InChI=1S/C29H20N6S/c36-29(35-22-13-7-9-19-8-1-2-10-21(19)22)32-20-14-15-23-26(18-20)34-28(25-12-4-6-17-31-25)27(33-23)24-11-3-5-16-30-24/h1-18H,(H2,32,35,36). The van der Waals surface area contributed by atoms with Crippen molar-refractivity contribution in [2.45, 2.75) is 0 Å². The molecule has 3 heterocycles. The summed E-state index contributed by atoms with van der Waals surface area (Å²) >= 11 is 5.61. The van der Waals surface area contributed by atoms with E-state index in [1.54, 1.807) is 12.4 Å². The molecule has 36 heavy (non-hydrogen) atoms. The van der Waals surface area contributed by atoms with E-state index >= 15 is 0 Å². The molecule has 3 aromatic carbocycles. The molecule has 0 amide bonds. The largest absolute Gasteiger partial charge is 0.332 e. The van der Waals surface area contributed by atoms with Crippen LogP contribution in [0.4, 0.5) is 11.4 Å². The van der Waals surface area contributed by atoms with Gasteiger partial charge in [-0.3, -0.25) is 9.97 Å². The zero-order valence-electron chi connectivity index (χ0n) is 19.1. The Bertz CT molecular complexity index is 1700. The van der Waals surface area contributed by atoms with Gasteiger partial charge < -0.3 is 10.6 Å². The fraction of sp³-hybridized carbons (Fsp3) is 0. The van der Waals surface area contributed by atoms with Crippen LogP contribution < -0.4 is 10.6 Å².